The van der Waals surface area contributed by atoms with Crippen molar-refractivity contribution < 1.29 is 48.7 Å². The van der Waals surface area contributed by atoms with Crippen LogP contribution in [0.3, 0.4) is 0 Å². The number of nitrogens with zero attached hydrogens (tertiary/aromatic N) is 3. The monoisotopic (exact) mass is 835 g/mol. The minimum atomic E-state index is -1.51. The van der Waals surface area contributed by atoms with Gasteiger partial charge in [-0.3, -0.25) is 9.59 Å². The van der Waals surface area contributed by atoms with E-state index in [0.29, 0.717) is 59.1 Å². The Morgan fingerprint density at radius 3 is 2.48 bits per heavy atom. The van der Waals surface area contributed by atoms with Crippen LogP contribution < -0.4 is 9.47 Å². The maximum Gasteiger partial charge on any atom is 0.254 e. The highest BCUT2D eigenvalue weighted by Crippen LogP contribution is 2.62. The molecule has 6 atom stereocenters. The smallest absolute Gasteiger partial charge is 0.254 e. The third-order valence-corrected chi connectivity index (χ3v) is 11.8. The van der Waals surface area contributed by atoms with Gasteiger partial charge in [0.05, 0.1) is 49.7 Å². The molecule has 0 unspecified atom stereocenters. The van der Waals surface area contributed by atoms with E-state index in [0.717, 1.165) is 43.1 Å². The fraction of sp³-hybridized carbons (Fsp3) is 0.458. The molecule has 6 rings (SSSR count). The van der Waals surface area contributed by atoms with Crippen molar-refractivity contribution in [2.45, 2.75) is 69.6 Å². The van der Waals surface area contributed by atoms with Gasteiger partial charge in [-0.05, 0) is 105 Å². The van der Waals surface area contributed by atoms with Crippen LogP contribution in [-0.2, 0) is 14.3 Å². The number of hydrogen-bond acceptors (Lipinski definition) is 12. The van der Waals surface area contributed by atoms with Crippen LogP contribution in [0.15, 0.2) is 96.2 Å². The number of oxime groups is 1. The summed E-state index contributed by atoms with van der Waals surface area (Å²) in [5.74, 6) is -1.06. The molecule has 0 saturated heterocycles. The minimum absolute atomic E-state index is 0.00958. The molecule has 13 heteroatoms. The fourth-order valence-corrected chi connectivity index (χ4v) is 9.22. The van der Waals surface area contributed by atoms with Crippen molar-refractivity contribution in [3.8, 4) is 23.3 Å². The summed E-state index contributed by atoms with van der Waals surface area (Å²) in [6.07, 6.45) is 9.25. The Bertz CT molecular complexity index is 2060. The lowest BCUT2D eigenvalue weighted by Gasteiger charge is -2.60. The van der Waals surface area contributed by atoms with E-state index in [1.807, 2.05) is 25.1 Å². The van der Waals surface area contributed by atoms with E-state index in [-0.39, 0.29) is 76.3 Å². The van der Waals surface area contributed by atoms with Gasteiger partial charge in [-0.25, -0.2) is 0 Å². The van der Waals surface area contributed by atoms with E-state index in [4.69, 9.17) is 28.9 Å². The number of rotatable bonds is 23. The third-order valence-electron chi connectivity index (χ3n) is 11.8. The Labute approximate surface area is 357 Å². The first-order valence-corrected chi connectivity index (χ1v) is 21.3. The van der Waals surface area contributed by atoms with Crippen LogP contribution in [0.2, 0.25) is 0 Å². The number of allylic oxidation sites excluding steroid dienone is 1. The number of aldehydes is 1. The lowest BCUT2D eigenvalue weighted by atomic mass is 9.55. The number of carbonyl (C=O) groups is 2. The predicted molar refractivity (Wildman–Crippen MR) is 229 cm³/mol. The van der Waals surface area contributed by atoms with Crippen molar-refractivity contribution in [1.29, 1.82) is 5.26 Å². The van der Waals surface area contributed by atoms with Gasteiger partial charge in [-0.2, -0.15) is 5.26 Å². The molecule has 13 nitrogen and oxygen atoms in total. The van der Waals surface area contributed by atoms with Gasteiger partial charge in [-0.1, -0.05) is 42.3 Å². The van der Waals surface area contributed by atoms with E-state index >= 15 is 0 Å². The first-order valence-electron chi connectivity index (χ1n) is 21.3. The van der Waals surface area contributed by atoms with Gasteiger partial charge < -0.3 is 44.0 Å². The van der Waals surface area contributed by atoms with E-state index < -0.39 is 17.7 Å². The maximum atomic E-state index is 15.0. The van der Waals surface area contributed by atoms with E-state index in [9.17, 15) is 30.2 Å². The Morgan fingerprint density at radius 1 is 1.00 bits per heavy atom. The highest BCUT2D eigenvalue weighted by atomic mass is 16.7. The number of carbonyl (C=O) groups excluding carboxylic acids is 2. The molecule has 61 heavy (non-hydrogen) atoms. The van der Waals surface area contributed by atoms with Gasteiger partial charge in [0.25, 0.3) is 5.91 Å². The summed E-state index contributed by atoms with van der Waals surface area (Å²) in [5.41, 5.74) is 3.68. The molecule has 0 spiro atoms. The molecule has 0 aromatic heterocycles. The van der Waals surface area contributed by atoms with Crippen molar-refractivity contribution in [3.05, 3.63) is 113 Å². The second kappa shape index (κ2) is 21.9. The highest BCUT2D eigenvalue weighted by Gasteiger charge is 2.65. The largest absolute Gasteiger partial charge is 0.459 e. The quantitative estimate of drug-likeness (QED) is 0.0389. The molecule has 3 aromatic carbocycles. The number of aliphatic hydroxyl groups is 3. The summed E-state index contributed by atoms with van der Waals surface area (Å²) in [6, 6.07) is 20.4. The van der Waals surface area contributed by atoms with Crippen molar-refractivity contribution in [1.82, 2.24) is 4.90 Å². The Kier molecular flexibility index (Phi) is 16.3. The van der Waals surface area contributed by atoms with E-state index in [1.165, 1.54) is 0 Å². The van der Waals surface area contributed by atoms with E-state index in [1.54, 1.807) is 59.5 Å². The summed E-state index contributed by atoms with van der Waals surface area (Å²) in [4.78, 5) is 34.1. The first kappa shape index (κ1) is 45.2. The summed E-state index contributed by atoms with van der Waals surface area (Å²) < 4.78 is 26.5. The Morgan fingerprint density at radius 2 is 1.77 bits per heavy atom. The van der Waals surface area contributed by atoms with Crippen LogP contribution in [0.4, 0.5) is 0 Å². The zero-order valence-corrected chi connectivity index (χ0v) is 34.8. The Balaban J connectivity index is 1.59. The van der Waals surface area contributed by atoms with Gasteiger partial charge in [0.2, 0.25) is 5.79 Å². The molecule has 1 saturated carbocycles. The summed E-state index contributed by atoms with van der Waals surface area (Å²) >= 11 is 0. The molecular weight excluding hydrogens is 779 g/mol. The van der Waals surface area contributed by atoms with Crippen molar-refractivity contribution >= 4 is 17.9 Å². The number of amides is 1. The SMILES string of the molecule is C=CCO[C@@]12Oc3ccc(Oc4cccc(C=O)c4)cc3[C@H]3[C@H](CCCCO)[C@@H](CCCCO)C=C(C(=NOCC)C[C@@H]1N(CCOCCO)C(=O)c1ccc(C#N)cc1)[C@H]32. The lowest BCUT2D eigenvalue weighted by molar-refractivity contribution is -0.254. The normalized spacial score (nSPS) is 23.1. The van der Waals surface area contributed by atoms with Crippen molar-refractivity contribution in [2.75, 3.05) is 52.8 Å². The van der Waals surface area contributed by atoms with Crippen LogP contribution in [0.25, 0.3) is 0 Å². The summed E-state index contributed by atoms with van der Waals surface area (Å²) in [7, 11) is 0. The standard InChI is InChI=1S/C48H57N3O10/c1-3-24-58-48-44(51(20-25-57-26-23-54)47(56)35-16-14-33(31-49)15-17-35)30-42(50-59-4-2)40-28-36(11-5-7-21-52)39(13-6-8-22-53)45(46(40)48)41-29-38(18-19-43(41)61-48)60-37-12-9-10-34(27-37)32-55/h3,9-10,12,14-19,27-29,32,36,39,44-46,52-54H,1,4-8,11,13,20-26,30H2,2H3/t36-,39+,44-,45+,46+,48+/m0/s1. The number of hydrogen-bond donors (Lipinski definition) is 3. The number of benzene rings is 3. The van der Waals surface area contributed by atoms with Crippen LogP contribution in [0.1, 0.15) is 89.6 Å². The molecule has 3 aliphatic rings. The molecule has 1 heterocycles. The molecule has 1 amide bonds. The molecule has 0 bridgehead atoms. The zero-order valence-electron chi connectivity index (χ0n) is 34.8. The number of aliphatic hydroxyl groups excluding tert-OH is 3. The van der Waals surface area contributed by atoms with Gasteiger partial charge in [0.15, 0.2) is 0 Å². The van der Waals surface area contributed by atoms with E-state index in [2.05, 4.69) is 18.7 Å². The highest BCUT2D eigenvalue weighted by molar-refractivity contribution is 6.03. The topological polar surface area (TPSA) is 180 Å². The van der Waals surface area contributed by atoms with Crippen LogP contribution >= 0.6 is 0 Å². The molecular formula is C48H57N3O10. The fourth-order valence-electron chi connectivity index (χ4n) is 9.22. The molecule has 1 aliphatic heterocycles. The molecule has 3 aromatic rings. The number of fused-ring (bicyclic) bond motifs is 2. The van der Waals surface area contributed by atoms with Crippen LogP contribution in [0, 0.1) is 29.1 Å². The number of ether oxygens (including phenoxy) is 4. The number of nitriles is 1. The number of unbranched alkanes of at least 4 members (excludes halogenated alkanes) is 2. The predicted octanol–water partition coefficient (Wildman–Crippen LogP) is 6.97. The second-order valence-electron chi connectivity index (χ2n) is 15.5. The Hall–Kier alpha value is -5.36. The molecule has 1 fully saturated rings. The van der Waals surface area contributed by atoms with Gasteiger partial charge >= 0.3 is 0 Å². The van der Waals surface area contributed by atoms with Gasteiger partial charge in [0.1, 0.15) is 36.2 Å². The molecule has 324 valence electrons. The molecule has 2 aliphatic carbocycles. The van der Waals surface area contributed by atoms with Crippen LogP contribution in [0.5, 0.6) is 17.2 Å². The first-order chi connectivity index (χ1) is 29.9. The summed E-state index contributed by atoms with van der Waals surface area (Å²) in [5, 5.41) is 43.7. The minimum Gasteiger partial charge on any atom is -0.459 e. The van der Waals surface area contributed by atoms with Gasteiger partial charge in [-0.15, -0.1) is 6.58 Å². The third kappa shape index (κ3) is 10.2. The van der Waals surface area contributed by atoms with Gasteiger partial charge in [0, 0.05) is 48.8 Å². The molecule has 0 radical (unpaired) electrons. The molecule has 3 N–H and O–H groups in total. The maximum absolute atomic E-state index is 15.0. The zero-order chi connectivity index (χ0) is 43.2. The average Bonchev–Trinajstić information content (AvgIpc) is 3.29. The average molecular weight is 836 g/mol. The van der Waals surface area contributed by atoms with Crippen molar-refractivity contribution in [3.63, 3.8) is 0 Å². The van der Waals surface area contributed by atoms with Crippen molar-refractivity contribution in [2.24, 2.45) is 22.9 Å². The second-order valence-corrected chi connectivity index (χ2v) is 15.5. The summed E-state index contributed by atoms with van der Waals surface area (Å²) in [6.45, 7) is 6.49. The van der Waals surface area contributed by atoms with Crippen LogP contribution in [-0.4, -0.2) is 103 Å². The lowest BCUT2D eigenvalue weighted by Crippen LogP contribution is -2.70.